The van der Waals surface area contributed by atoms with Gasteiger partial charge in [-0.15, -0.1) is 0 Å². The summed E-state index contributed by atoms with van der Waals surface area (Å²) >= 11 is 0. The number of piperidine rings is 1. The van der Waals surface area contributed by atoms with E-state index in [0.29, 0.717) is 0 Å². The Morgan fingerprint density at radius 3 is 2.46 bits per heavy atom. The number of carbonyl (C=O) groups is 1. The monoisotopic (exact) mass is 357 g/mol. The van der Waals surface area contributed by atoms with Crippen LogP contribution in [0.4, 0.5) is 0 Å². The van der Waals surface area contributed by atoms with Crippen molar-refractivity contribution in [1.82, 2.24) is 4.31 Å². The predicted octanol–water partition coefficient (Wildman–Crippen LogP) is -0.622. The molecule has 8 nitrogen and oxygen atoms in total. The fourth-order valence-electron chi connectivity index (χ4n) is 3.10. The molecule has 3 rings (SSSR count). The van der Waals surface area contributed by atoms with Gasteiger partial charge < -0.3 is 19.7 Å². The molecule has 2 aliphatic heterocycles. The minimum atomic E-state index is -3.99. The highest BCUT2D eigenvalue weighted by molar-refractivity contribution is 7.89. The summed E-state index contributed by atoms with van der Waals surface area (Å²) in [6, 6.07) is 5.34. The van der Waals surface area contributed by atoms with Crippen LogP contribution < -0.4 is 0 Å². The van der Waals surface area contributed by atoms with E-state index in [1.807, 2.05) is 6.92 Å². The Kier molecular flexibility index (Phi) is 4.39. The molecule has 2 fully saturated rings. The number of carbonyl (C=O) groups excluding carboxylic acids is 1. The largest absolute Gasteiger partial charge is 0.458 e. The van der Waals surface area contributed by atoms with Crippen LogP contribution in [0.3, 0.4) is 0 Å². The van der Waals surface area contributed by atoms with Crippen molar-refractivity contribution >= 4 is 16.0 Å². The number of hydrogen-bond acceptors (Lipinski definition) is 7. The highest BCUT2D eigenvalue weighted by Gasteiger charge is 2.59. The van der Waals surface area contributed by atoms with Crippen molar-refractivity contribution in [3.8, 4) is 0 Å². The molecule has 0 unspecified atom stereocenters. The van der Waals surface area contributed by atoms with Gasteiger partial charge in [0.05, 0.1) is 17.5 Å². The van der Waals surface area contributed by atoms with Gasteiger partial charge in [-0.25, -0.2) is 8.42 Å². The van der Waals surface area contributed by atoms with Gasteiger partial charge in [-0.05, 0) is 19.1 Å². The van der Waals surface area contributed by atoms with E-state index in [2.05, 4.69) is 0 Å². The highest BCUT2D eigenvalue weighted by atomic mass is 32.2. The lowest BCUT2D eigenvalue weighted by Gasteiger charge is -2.41. The van der Waals surface area contributed by atoms with Crippen LogP contribution in [0.15, 0.2) is 29.2 Å². The number of benzene rings is 1. The summed E-state index contributed by atoms with van der Waals surface area (Å²) in [6.45, 7) is 2.91. The number of fused-ring (bicyclic) bond motifs is 2. The van der Waals surface area contributed by atoms with Crippen molar-refractivity contribution in [3.63, 3.8) is 0 Å². The summed E-state index contributed by atoms with van der Waals surface area (Å²) < 4.78 is 37.3. The molecule has 2 heterocycles. The first-order valence-electron chi connectivity index (χ1n) is 7.48. The molecule has 1 aromatic carbocycles. The SMILES string of the molecule is CC(=O)O[C@@H]1[C@@H](O)[C@@H](O)[C@@H]2OC[C@H]1N2S(=O)(=O)c1ccc(C)cc1. The van der Waals surface area contributed by atoms with Crippen LogP contribution in [0.5, 0.6) is 0 Å². The molecule has 0 radical (unpaired) electrons. The van der Waals surface area contributed by atoms with Crippen LogP contribution in [0.1, 0.15) is 12.5 Å². The normalized spacial score (nSPS) is 33.4. The zero-order valence-corrected chi connectivity index (χ0v) is 14.0. The van der Waals surface area contributed by atoms with Gasteiger partial charge in [0.1, 0.15) is 18.3 Å². The molecular formula is C15H19NO7S. The van der Waals surface area contributed by atoms with Crippen molar-refractivity contribution < 1.29 is 32.9 Å². The number of aryl methyl sites for hydroxylation is 1. The number of aliphatic hydroxyl groups is 2. The molecule has 9 heteroatoms. The number of nitrogens with zero attached hydrogens (tertiary/aromatic N) is 1. The van der Waals surface area contributed by atoms with Crippen molar-refractivity contribution in [2.24, 2.45) is 0 Å². The van der Waals surface area contributed by atoms with Gasteiger partial charge in [-0.2, -0.15) is 4.31 Å². The third-order valence-corrected chi connectivity index (χ3v) is 6.17. The van der Waals surface area contributed by atoms with Gasteiger partial charge in [0.2, 0.25) is 10.0 Å². The lowest BCUT2D eigenvalue weighted by Crippen LogP contribution is -2.64. The smallest absolute Gasteiger partial charge is 0.303 e. The zero-order chi connectivity index (χ0) is 17.6. The summed E-state index contributed by atoms with van der Waals surface area (Å²) in [6.07, 6.45) is -5.36. The average molecular weight is 357 g/mol. The van der Waals surface area contributed by atoms with Gasteiger partial charge in [-0.3, -0.25) is 4.79 Å². The molecule has 5 atom stereocenters. The van der Waals surface area contributed by atoms with Crippen LogP contribution in [0.2, 0.25) is 0 Å². The van der Waals surface area contributed by atoms with Crippen molar-refractivity contribution in [3.05, 3.63) is 29.8 Å². The van der Waals surface area contributed by atoms with E-state index in [-0.39, 0.29) is 11.5 Å². The number of ether oxygens (including phenoxy) is 2. The maximum Gasteiger partial charge on any atom is 0.303 e. The second kappa shape index (κ2) is 6.08. The van der Waals surface area contributed by atoms with E-state index in [1.165, 1.54) is 12.1 Å². The quantitative estimate of drug-likeness (QED) is 0.693. The van der Waals surface area contributed by atoms with E-state index >= 15 is 0 Å². The minimum absolute atomic E-state index is 0.0405. The average Bonchev–Trinajstić information content (AvgIpc) is 2.92. The topological polar surface area (TPSA) is 113 Å². The molecule has 0 aromatic heterocycles. The molecule has 0 amide bonds. The molecule has 0 aliphatic carbocycles. The molecule has 0 saturated carbocycles. The Morgan fingerprint density at radius 2 is 1.88 bits per heavy atom. The molecular weight excluding hydrogens is 338 g/mol. The Bertz CT molecular complexity index is 733. The molecule has 2 saturated heterocycles. The van der Waals surface area contributed by atoms with Crippen LogP contribution in [0.25, 0.3) is 0 Å². The van der Waals surface area contributed by atoms with Crippen LogP contribution >= 0.6 is 0 Å². The fourth-order valence-corrected chi connectivity index (χ4v) is 4.82. The predicted molar refractivity (Wildman–Crippen MR) is 81.3 cm³/mol. The van der Waals surface area contributed by atoms with Crippen molar-refractivity contribution in [2.45, 2.75) is 49.3 Å². The Hall–Kier alpha value is -1.52. The number of rotatable bonds is 3. The fraction of sp³-hybridized carbons (Fsp3) is 0.533. The second-order valence-corrected chi connectivity index (χ2v) is 7.84. The number of sulfonamides is 1. The summed E-state index contributed by atoms with van der Waals surface area (Å²) in [5.74, 6) is -0.677. The Balaban J connectivity index is 2.00. The molecule has 2 N–H and O–H groups in total. The number of aliphatic hydroxyl groups excluding tert-OH is 2. The third kappa shape index (κ3) is 2.72. The maximum atomic E-state index is 13.0. The molecule has 2 aliphatic rings. The van der Waals surface area contributed by atoms with Crippen LogP contribution in [-0.4, -0.2) is 66.1 Å². The highest BCUT2D eigenvalue weighted by Crippen LogP contribution is 2.37. The standard InChI is InChI=1S/C15H19NO7S/c1-8-3-5-10(6-4-8)24(20,21)16-11-7-22-15(16)13(19)12(18)14(11)23-9(2)17/h3-6,11-15,18-19H,7H2,1-2H3/t11-,12+,13-,14+,15+/m1/s1. The maximum absolute atomic E-state index is 13.0. The minimum Gasteiger partial charge on any atom is -0.458 e. The molecule has 0 spiro atoms. The van der Waals surface area contributed by atoms with E-state index in [0.717, 1.165) is 16.8 Å². The van der Waals surface area contributed by atoms with Gasteiger partial charge in [0.25, 0.3) is 0 Å². The first kappa shape index (κ1) is 17.3. The van der Waals surface area contributed by atoms with Gasteiger partial charge in [0.15, 0.2) is 6.23 Å². The molecule has 24 heavy (non-hydrogen) atoms. The first-order chi connectivity index (χ1) is 11.2. The second-order valence-electron chi connectivity index (χ2n) is 5.99. The molecule has 1 aromatic rings. The third-order valence-electron chi connectivity index (χ3n) is 4.27. The lowest BCUT2D eigenvalue weighted by molar-refractivity contribution is -0.180. The zero-order valence-electron chi connectivity index (χ0n) is 13.2. The van der Waals surface area contributed by atoms with Gasteiger partial charge >= 0.3 is 5.97 Å². The summed E-state index contributed by atoms with van der Waals surface area (Å²) in [5, 5.41) is 20.3. The van der Waals surface area contributed by atoms with E-state index in [9.17, 15) is 23.4 Å². The number of hydrogen-bond donors (Lipinski definition) is 2. The van der Waals surface area contributed by atoms with E-state index in [4.69, 9.17) is 9.47 Å². The lowest BCUT2D eigenvalue weighted by atomic mass is 9.97. The molecule has 2 bridgehead atoms. The van der Waals surface area contributed by atoms with Gasteiger partial charge in [0, 0.05) is 6.92 Å². The van der Waals surface area contributed by atoms with Crippen molar-refractivity contribution in [2.75, 3.05) is 6.61 Å². The Morgan fingerprint density at radius 1 is 1.25 bits per heavy atom. The van der Waals surface area contributed by atoms with E-state index < -0.39 is 46.6 Å². The van der Waals surface area contributed by atoms with E-state index in [1.54, 1.807) is 12.1 Å². The summed E-state index contributed by atoms with van der Waals surface area (Å²) in [4.78, 5) is 11.3. The van der Waals surface area contributed by atoms with Crippen LogP contribution in [-0.2, 0) is 24.3 Å². The summed E-state index contributed by atoms with van der Waals surface area (Å²) in [7, 11) is -3.99. The molecule has 132 valence electrons. The van der Waals surface area contributed by atoms with Crippen molar-refractivity contribution in [1.29, 1.82) is 0 Å². The first-order valence-corrected chi connectivity index (χ1v) is 8.92. The van der Waals surface area contributed by atoms with Gasteiger partial charge in [-0.1, -0.05) is 17.7 Å². The number of esters is 1. The summed E-state index contributed by atoms with van der Waals surface area (Å²) in [5.41, 5.74) is 0.903. The Labute approximate surface area is 139 Å². The van der Waals surface area contributed by atoms with Crippen LogP contribution in [0, 0.1) is 6.92 Å².